The van der Waals surface area contributed by atoms with E-state index >= 15 is 0 Å². The molecule has 3 aromatic rings. The molecular weight excluding hydrogens is 364 g/mol. The summed E-state index contributed by atoms with van der Waals surface area (Å²) in [5, 5.41) is 16.6. The lowest BCUT2D eigenvalue weighted by molar-refractivity contribution is -0.255. The number of hydrogen-bond acceptors (Lipinski definition) is 5. The normalized spacial score (nSPS) is 10.4. The molecule has 0 saturated carbocycles. The van der Waals surface area contributed by atoms with Crippen molar-refractivity contribution in [2.24, 2.45) is 0 Å². The second-order valence-corrected chi connectivity index (χ2v) is 6.31. The fraction of sp³-hybridized carbons (Fsp3) is 0. The molecule has 0 bridgehead atoms. The quantitative estimate of drug-likeness (QED) is 0.757. The molecule has 1 aromatic heterocycles. The zero-order valence-electron chi connectivity index (χ0n) is 11.2. The number of thiazole rings is 1. The van der Waals surface area contributed by atoms with Crippen molar-refractivity contribution in [1.82, 2.24) is 4.98 Å². The average molecular weight is 374 g/mol. The average Bonchev–Trinajstić information content (AvgIpc) is 2.96. The summed E-state index contributed by atoms with van der Waals surface area (Å²) in [6.07, 6.45) is 0. The molecule has 4 nitrogen and oxygen atoms in total. The molecule has 0 radical (unpaired) electrons. The summed E-state index contributed by atoms with van der Waals surface area (Å²) in [5.41, 5.74) is 2.69. The predicted molar refractivity (Wildman–Crippen MR) is 89.3 cm³/mol. The van der Waals surface area contributed by atoms with Crippen LogP contribution in [0.3, 0.4) is 0 Å². The number of benzene rings is 2. The Morgan fingerprint density at radius 3 is 2.68 bits per heavy atom. The molecular formula is C16H10BrN2O2S-. The molecule has 1 N–H and O–H groups in total. The highest BCUT2D eigenvalue weighted by molar-refractivity contribution is 9.10. The van der Waals surface area contributed by atoms with E-state index in [0.717, 1.165) is 15.7 Å². The van der Waals surface area contributed by atoms with Crippen LogP contribution in [-0.4, -0.2) is 11.0 Å². The van der Waals surface area contributed by atoms with Gasteiger partial charge in [-0.2, -0.15) is 0 Å². The minimum absolute atomic E-state index is 0.134. The standard InChI is InChI=1S/C16H11BrN2O2S/c17-12-6-4-10(5-7-12)14-9-22-16(19-14)18-13-3-1-2-11(8-13)15(20)21/h1-9H,(H,18,19)(H,20,21)/p-1. The van der Waals surface area contributed by atoms with E-state index in [1.165, 1.54) is 23.5 Å². The molecule has 22 heavy (non-hydrogen) atoms. The van der Waals surface area contributed by atoms with Gasteiger partial charge >= 0.3 is 0 Å². The summed E-state index contributed by atoms with van der Waals surface area (Å²) in [7, 11) is 0. The van der Waals surface area contributed by atoms with Crippen molar-refractivity contribution < 1.29 is 9.90 Å². The Hall–Kier alpha value is -2.18. The van der Waals surface area contributed by atoms with Crippen LogP contribution in [0.2, 0.25) is 0 Å². The predicted octanol–water partition coefficient (Wildman–Crippen LogP) is 3.68. The number of carbonyl (C=O) groups excluding carboxylic acids is 1. The lowest BCUT2D eigenvalue weighted by Crippen LogP contribution is -2.22. The molecule has 0 saturated heterocycles. The molecule has 3 rings (SSSR count). The third-order valence-electron chi connectivity index (χ3n) is 2.99. The number of hydrogen-bond donors (Lipinski definition) is 1. The topological polar surface area (TPSA) is 65.0 Å². The Morgan fingerprint density at radius 1 is 1.18 bits per heavy atom. The lowest BCUT2D eigenvalue weighted by Gasteiger charge is -2.06. The fourth-order valence-corrected chi connectivity index (χ4v) is 2.94. The molecule has 6 heteroatoms. The van der Waals surface area contributed by atoms with Gasteiger partial charge in [0.1, 0.15) is 0 Å². The van der Waals surface area contributed by atoms with Crippen LogP contribution in [0.25, 0.3) is 11.3 Å². The van der Waals surface area contributed by atoms with E-state index < -0.39 is 5.97 Å². The Balaban J connectivity index is 1.81. The van der Waals surface area contributed by atoms with Gasteiger partial charge in [0.15, 0.2) is 5.13 Å². The number of nitrogens with zero attached hydrogens (tertiary/aromatic N) is 1. The lowest BCUT2D eigenvalue weighted by atomic mass is 10.2. The molecule has 0 atom stereocenters. The van der Waals surface area contributed by atoms with E-state index in [9.17, 15) is 9.90 Å². The van der Waals surface area contributed by atoms with Gasteiger partial charge in [-0.05, 0) is 29.8 Å². The van der Waals surface area contributed by atoms with Crippen molar-refractivity contribution in [3.63, 3.8) is 0 Å². The second kappa shape index (κ2) is 6.29. The first-order valence-corrected chi connectivity index (χ1v) is 8.09. The van der Waals surface area contributed by atoms with Crippen LogP contribution in [0.5, 0.6) is 0 Å². The van der Waals surface area contributed by atoms with Crippen LogP contribution in [0.15, 0.2) is 58.4 Å². The Bertz CT molecular complexity index is 815. The Labute approximate surface area is 139 Å². The van der Waals surface area contributed by atoms with Gasteiger partial charge in [-0.3, -0.25) is 0 Å². The van der Waals surface area contributed by atoms with Gasteiger partial charge in [-0.15, -0.1) is 11.3 Å². The second-order valence-electron chi connectivity index (χ2n) is 4.54. The third kappa shape index (κ3) is 3.35. The minimum Gasteiger partial charge on any atom is -0.545 e. The number of rotatable bonds is 4. The molecule has 0 aliphatic heterocycles. The van der Waals surface area contributed by atoms with Gasteiger partial charge in [-0.1, -0.05) is 40.2 Å². The van der Waals surface area contributed by atoms with Gasteiger partial charge in [0.25, 0.3) is 0 Å². The number of carboxylic acid groups (broad SMARTS) is 1. The van der Waals surface area contributed by atoms with Crippen molar-refractivity contribution in [3.8, 4) is 11.3 Å². The van der Waals surface area contributed by atoms with E-state index in [2.05, 4.69) is 26.2 Å². The third-order valence-corrected chi connectivity index (χ3v) is 4.28. The summed E-state index contributed by atoms with van der Waals surface area (Å²) in [6, 6.07) is 14.4. The first-order chi connectivity index (χ1) is 10.6. The zero-order chi connectivity index (χ0) is 15.5. The highest BCUT2D eigenvalue weighted by Crippen LogP contribution is 2.28. The van der Waals surface area contributed by atoms with E-state index in [1.807, 2.05) is 29.6 Å². The molecule has 0 fully saturated rings. The van der Waals surface area contributed by atoms with Crippen LogP contribution in [0, 0.1) is 0 Å². The molecule has 0 aliphatic carbocycles. The first-order valence-electron chi connectivity index (χ1n) is 6.42. The molecule has 1 heterocycles. The fourth-order valence-electron chi connectivity index (χ4n) is 1.93. The van der Waals surface area contributed by atoms with E-state index in [-0.39, 0.29) is 5.56 Å². The number of aromatic nitrogens is 1. The number of carboxylic acids is 1. The van der Waals surface area contributed by atoms with Crippen molar-refractivity contribution >= 4 is 44.1 Å². The van der Waals surface area contributed by atoms with Gasteiger partial charge in [-0.25, -0.2) is 4.98 Å². The van der Waals surface area contributed by atoms with Crippen LogP contribution >= 0.6 is 27.3 Å². The molecule has 0 aliphatic rings. The van der Waals surface area contributed by atoms with Crippen LogP contribution in [0.1, 0.15) is 10.4 Å². The zero-order valence-corrected chi connectivity index (χ0v) is 13.6. The highest BCUT2D eigenvalue weighted by atomic mass is 79.9. The van der Waals surface area contributed by atoms with E-state index in [4.69, 9.17) is 0 Å². The van der Waals surface area contributed by atoms with Gasteiger partial charge in [0.2, 0.25) is 0 Å². The van der Waals surface area contributed by atoms with E-state index in [1.54, 1.807) is 12.1 Å². The summed E-state index contributed by atoms with van der Waals surface area (Å²) in [6.45, 7) is 0. The van der Waals surface area contributed by atoms with Crippen molar-refractivity contribution in [2.45, 2.75) is 0 Å². The Morgan fingerprint density at radius 2 is 1.95 bits per heavy atom. The number of nitrogens with one attached hydrogen (secondary N) is 1. The Kier molecular flexibility index (Phi) is 4.22. The molecule has 110 valence electrons. The molecule has 0 amide bonds. The van der Waals surface area contributed by atoms with Gasteiger partial charge < -0.3 is 15.2 Å². The van der Waals surface area contributed by atoms with Crippen LogP contribution in [-0.2, 0) is 0 Å². The monoisotopic (exact) mass is 373 g/mol. The number of aromatic carboxylic acids is 1. The smallest absolute Gasteiger partial charge is 0.187 e. The van der Waals surface area contributed by atoms with Crippen LogP contribution in [0.4, 0.5) is 10.8 Å². The molecule has 2 aromatic carbocycles. The van der Waals surface area contributed by atoms with Gasteiger partial charge in [0, 0.05) is 21.1 Å². The largest absolute Gasteiger partial charge is 0.545 e. The summed E-state index contributed by atoms with van der Waals surface area (Å²) >= 11 is 4.86. The minimum atomic E-state index is -1.20. The van der Waals surface area contributed by atoms with E-state index in [0.29, 0.717) is 10.8 Å². The van der Waals surface area contributed by atoms with Crippen molar-refractivity contribution in [2.75, 3.05) is 5.32 Å². The summed E-state index contributed by atoms with van der Waals surface area (Å²) in [5.74, 6) is -1.20. The summed E-state index contributed by atoms with van der Waals surface area (Å²) < 4.78 is 1.02. The molecule has 0 unspecified atom stereocenters. The number of anilines is 2. The number of carbonyl (C=O) groups is 1. The SMILES string of the molecule is O=C([O-])c1cccc(Nc2nc(-c3ccc(Br)cc3)cs2)c1. The molecule has 0 spiro atoms. The number of halogens is 1. The maximum Gasteiger partial charge on any atom is 0.187 e. The van der Waals surface area contributed by atoms with Crippen molar-refractivity contribution in [1.29, 1.82) is 0 Å². The summed E-state index contributed by atoms with van der Waals surface area (Å²) in [4.78, 5) is 15.4. The van der Waals surface area contributed by atoms with Crippen LogP contribution < -0.4 is 10.4 Å². The van der Waals surface area contributed by atoms with Crippen molar-refractivity contribution in [3.05, 3.63) is 63.9 Å². The van der Waals surface area contributed by atoms with Gasteiger partial charge in [0.05, 0.1) is 11.7 Å². The highest BCUT2D eigenvalue weighted by Gasteiger charge is 2.05. The first kappa shape index (κ1) is 14.7. The maximum absolute atomic E-state index is 10.9. The maximum atomic E-state index is 10.9.